The van der Waals surface area contributed by atoms with Gasteiger partial charge in [-0.3, -0.25) is 9.59 Å². The third-order valence-electron chi connectivity index (χ3n) is 2.95. The van der Waals surface area contributed by atoms with Gasteiger partial charge in [0, 0.05) is 10.6 Å². The predicted octanol–water partition coefficient (Wildman–Crippen LogP) is 2.78. The molecule has 21 heavy (non-hydrogen) atoms. The van der Waals surface area contributed by atoms with E-state index in [0.29, 0.717) is 10.6 Å². The van der Waals surface area contributed by atoms with Crippen molar-refractivity contribution in [2.75, 3.05) is 0 Å². The minimum absolute atomic E-state index is 0.0742. The molecule has 6 nitrogen and oxygen atoms in total. The van der Waals surface area contributed by atoms with E-state index in [1.54, 1.807) is 26.0 Å². The first-order chi connectivity index (χ1) is 9.90. The normalized spacial score (nSPS) is 12.4. The van der Waals surface area contributed by atoms with Crippen molar-refractivity contribution >= 4 is 23.4 Å². The van der Waals surface area contributed by atoms with Gasteiger partial charge in [-0.25, -0.2) is 0 Å². The molecule has 0 saturated carbocycles. The number of carboxylic acids is 1. The maximum Gasteiger partial charge on any atom is 0.316 e. The Morgan fingerprint density at radius 2 is 1.86 bits per heavy atom. The third kappa shape index (κ3) is 3.28. The Morgan fingerprint density at radius 3 is 2.38 bits per heavy atom. The number of nitrogens with zero attached hydrogens (tertiary/aromatic N) is 2. The Hall–Kier alpha value is -2.21. The lowest BCUT2D eigenvalue weighted by molar-refractivity contribution is -0.140. The van der Waals surface area contributed by atoms with Crippen LogP contribution in [0.25, 0.3) is 0 Å². The summed E-state index contributed by atoms with van der Waals surface area (Å²) in [7, 11) is 0. The van der Waals surface area contributed by atoms with Crippen LogP contribution in [-0.4, -0.2) is 27.0 Å². The molecule has 0 amide bonds. The zero-order valence-electron chi connectivity index (χ0n) is 11.4. The quantitative estimate of drug-likeness (QED) is 0.854. The molecule has 2 aromatic rings. The summed E-state index contributed by atoms with van der Waals surface area (Å²) >= 11 is 5.75. The van der Waals surface area contributed by atoms with Gasteiger partial charge in [-0.2, -0.15) is 4.98 Å². The summed E-state index contributed by atoms with van der Waals surface area (Å²) in [6.07, 6.45) is 0. The fourth-order valence-corrected chi connectivity index (χ4v) is 1.99. The van der Waals surface area contributed by atoms with Gasteiger partial charge in [0.15, 0.2) is 0 Å². The molecule has 1 unspecified atom stereocenters. The maximum absolute atomic E-state index is 12.2. The molecular formula is C14H13ClN2O4. The van der Waals surface area contributed by atoms with E-state index in [-0.39, 0.29) is 17.6 Å². The van der Waals surface area contributed by atoms with Gasteiger partial charge < -0.3 is 9.63 Å². The molecule has 1 heterocycles. The summed E-state index contributed by atoms with van der Waals surface area (Å²) in [6, 6.07) is 6.23. The second kappa shape index (κ2) is 6.05. The van der Waals surface area contributed by atoms with Crippen molar-refractivity contribution in [3.63, 3.8) is 0 Å². The van der Waals surface area contributed by atoms with Crippen molar-refractivity contribution < 1.29 is 19.2 Å². The molecule has 1 atom stereocenters. The van der Waals surface area contributed by atoms with Crippen LogP contribution in [0.3, 0.4) is 0 Å². The molecule has 0 radical (unpaired) electrons. The number of hydrogen-bond acceptors (Lipinski definition) is 5. The van der Waals surface area contributed by atoms with Crippen LogP contribution in [0.4, 0.5) is 0 Å². The highest BCUT2D eigenvalue weighted by Crippen LogP contribution is 2.23. The van der Waals surface area contributed by atoms with Gasteiger partial charge >= 0.3 is 5.97 Å². The first kappa shape index (κ1) is 15.2. The van der Waals surface area contributed by atoms with Crippen LogP contribution >= 0.6 is 11.6 Å². The number of hydrogen-bond donors (Lipinski definition) is 1. The molecule has 2 rings (SSSR count). The summed E-state index contributed by atoms with van der Waals surface area (Å²) < 4.78 is 4.93. The van der Waals surface area contributed by atoms with Crippen LogP contribution in [0.2, 0.25) is 5.02 Å². The topological polar surface area (TPSA) is 93.3 Å². The number of benzene rings is 1. The molecule has 1 aromatic heterocycles. The number of halogens is 1. The lowest BCUT2D eigenvalue weighted by Gasteiger charge is -2.10. The van der Waals surface area contributed by atoms with E-state index >= 15 is 0 Å². The zero-order valence-corrected chi connectivity index (χ0v) is 12.2. The summed E-state index contributed by atoms with van der Waals surface area (Å²) in [5.74, 6) is -2.94. The SMILES string of the molecule is CC(C)C(C(=O)O)c1nc(C(=O)c2ccc(Cl)cc2)no1. The third-order valence-corrected chi connectivity index (χ3v) is 3.20. The molecular weight excluding hydrogens is 296 g/mol. The average Bonchev–Trinajstić information content (AvgIpc) is 2.87. The standard InChI is InChI=1S/C14H13ClN2O4/c1-7(2)10(14(19)20)13-16-12(17-21-13)11(18)8-3-5-9(15)6-4-8/h3-7,10H,1-2H3,(H,19,20). The Balaban J connectivity index is 2.29. The van der Waals surface area contributed by atoms with Gasteiger partial charge in [0.2, 0.25) is 17.5 Å². The van der Waals surface area contributed by atoms with Gasteiger partial charge in [0.1, 0.15) is 5.92 Å². The molecule has 1 N–H and O–H groups in total. The summed E-state index contributed by atoms with van der Waals surface area (Å²) in [5.41, 5.74) is 0.350. The minimum atomic E-state index is -1.07. The number of aromatic nitrogens is 2. The molecule has 7 heteroatoms. The lowest BCUT2D eigenvalue weighted by atomic mass is 9.96. The molecule has 0 aliphatic rings. The first-order valence-electron chi connectivity index (χ1n) is 6.27. The lowest BCUT2D eigenvalue weighted by Crippen LogP contribution is -2.18. The number of rotatable bonds is 5. The van der Waals surface area contributed by atoms with Crippen molar-refractivity contribution in [2.45, 2.75) is 19.8 Å². The Bertz CT molecular complexity index is 664. The van der Waals surface area contributed by atoms with Crippen molar-refractivity contribution in [1.82, 2.24) is 10.1 Å². The highest BCUT2D eigenvalue weighted by molar-refractivity contribution is 6.30. The van der Waals surface area contributed by atoms with Gasteiger partial charge in [0.05, 0.1) is 0 Å². The van der Waals surface area contributed by atoms with Crippen LogP contribution < -0.4 is 0 Å². The van der Waals surface area contributed by atoms with Crippen molar-refractivity contribution in [1.29, 1.82) is 0 Å². The Kier molecular flexibility index (Phi) is 4.37. The number of aliphatic carboxylic acids is 1. The van der Waals surface area contributed by atoms with Crippen LogP contribution in [0.15, 0.2) is 28.8 Å². The highest BCUT2D eigenvalue weighted by Gasteiger charge is 2.30. The van der Waals surface area contributed by atoms with Gasteiger partial charge in [-0.05, 0) is 30.2 Å². The smallest absolute Gasteiger partial charge is 0.316 e. The minimum Gasteiger partial charge on any atom is -0.481 e. The first-order valence-corrected chi connectivity index (χ1v) is 6.64. The van der Waals surface area contributed by atoms with Crippen LogP contribution in [0.5, 0.6) is 0 Å². The number of carbonyl (C=O) groups is 2. The molecule has 1 aromatic carbocycles. The molecule has 0 aliphatic heterocycles. The summed E-state index contributed by atoms with van der Waals surface area (Å²) in [4.78, 5) is 27.3. The van der Waals surface area contributed by atoms with Crippen LogP contribution in [-0.2, 0) is 4.79 Å². The largest absolute Gasteiger partial charge is 0.481 e. The maximum atomic E-state index is 12.2. The van der Waals surface area contributed by atoms with E-state index < -0.39 is 17.7 Å². The molecule has 0 fully saturated rings. The van der Waals surface area contributed by atoms with Gasteiger partial charge in [-0.15, -0.1) is 0 Å². The van der Waals surface area contributed by atoms with E-state index in [4.69, 9.17) is 21.2 Å². The predicted molar refractivity (Wildman–Crippen MR) is 74.4 cm³/mol. The van der Waals surface area contributed by atoms with E-state index in [9.17, 15) is 9.59 Å². The second-order valence-corrected chi connectivity index (χ2v) is 5.29. The number of carboxylic acid groups (broad SMARTS) is 1. The average molecular weight is 309 g/mol. The monoisotopic (exact) mass is 308 g/mol. The number of carbonyl (C=O) groups excluding carboxylic acids is 1. The van der Waals surface area contributed by atoms with E-state index in [2.05, 4.69) is 10.1 Å². The van der Waals surface area contributed by atoms with Gasteiger partial charge in [0.25, 0.3) is 0 Å². The molecule has 0 saturated heterocycles. The highest BCUT2D eigenvalue weighted by atomic mass is 35.5. The molecule has 0 aliphatic carbocycles. The molecule has 0 spiro atoms. The Morgan fingerprint density at radius 1 is 1.24 bits per heavy atom. The molecule has 0 bridgehead atoms. The zero-order chi connectivity index (χ0) is 15.6. The Labute approximate surface area is 125 Å². The summed E-state index contributed by atoms with van der Waals surface area (Å²) in [6.45, 7) is 3.45. The van der Waals surface area contributed by atoms with Crippen molar-refractivity contribution in [2.24, 2.45) is 5.92 Å². The van der Waals surface area contributed by atoms with Crippen molar-refractivity contribution in [3.05, 3.63) is 46.6 Å². The fraction of sp³-hybridized carbons (Fsp3) is 0.286. The molecule has 110 valence electrons. The van der Waals surface area contributed by atoms with Gasteiger partial charge in [-0.1, -0.05) is 30.6 Å². The van der Waals surface area contributed by atoms with Crippen LogP contribution in [0.1, 0.15) is 41.8 Å². The number of ketones is 1. The fourth-order valence-electron chi connectivity index (χ4n) is 1.86. The second-order valence-electron chi connectivity index (χ2n) is 4.85. The van der Waals surface area contributed by atoms with E-state index in [0.717, 1.165) is 0 Å². The summed E-state index contributed by atoms with van der Waals surface area (Å²) in [5, 5.41) is 13.2. The van der Waals surface area contributed by atoms with Crippen molar-refractivity contribution in [3.8, 4) is 0 Å². The van der Waals surface area contributed by atoms with E-state index in [1.165, 1.54) is 12.1 Å². The van der Waals surface area contributed by atoms with E-state index in [1.807, 2.05) is 0 Å². The van der Waals surface area contributed by atoms with Crippen LogP contribution in [0, 0.1) is 5.92 Å².